The Hall–Kier alpha value is -3.62. The highest BCUT2D eigenvalue weighted by Gasteiger charge is 2.30. The zero-order chi connectivity index (χ0) is 21.0. The molecule has 0 saturated heterocycles. The van der Waals surface area contributed by atoms with Crippen molar-refractivity contribution in [2.75, 3.05) is 29.6 Å². The Morgan fingerprint density at radius 2 is 1.59 bits per heavy atom. The lowest BCUT2D eigenvalue weighted by Gasteiger charge is -2.13. The molecule has 2 aromatic carbocycles. The van der Waals surface area contributed by atoms with Crippen molar-refractivity contribution in [1.82, 2.24) is 10.2 Å². The Morgan fingerprint density at radius 1 is 0.966 bits per heavy atom. The second-order valence-electron chi connectivity index (χ2n) is 6.43. The van der Waals surface area contributed by atoms with Gasteiger partial charge in [-0.3, -0.25) is 4.79 Å². The Kier molecular flexibility index (Phi) is 5.67. The number of benzene rings is 2. The third kappa shape index (κ3) is 5.22. The second-order valence-corrected chi connectivity index (χ2v) is 6.43. The summed E-state index contributed by atoms with van der Waals surface area (Å²) in [6, 6.07) is 12.7. The molecule has 1 amide bonds. The molecule has 0 radical (unpaired) electrons. The molecule has 0 saturated carbocycles. The molecule has 6 nitrogen and oxygen atoms in total. The summed E-state index contributed by atoms with van der Waals surface area (Å²) < 4.78 is 37.8. The van der Waals surface area contributed by atoms with Crippen molar-refractivity contribution in [1.29, 1.82) is 0 Å². The van der Waals surface area contributed by atoms with Gasteiger partial charge >= 0.3 is 6.18 Å². The van der Waals surface area contributed by atoms with E-state index in [4.69, 9.17) is 0 Å². The van der Waals surface area contributed by atoms with Gasteiger partial charge in [0.2, 0.25) is 0 Å². The van der Waals surface area contributed by atoms with Gasteiger partial charge in [-0.05, 0) is 48.5 Å². The van der Waals surface area contributed by atoms with Gasteiger partial charge in [0.05, 0.1) is 17.4 Å². The van der Waals surface area contributed by atoms with Gasteiger partial charge in [-0.25, -0.2) is 0 Å². The van der Waals surface area contributed by atoms with Gasteiger partial charge in [-0.1, -0.05) is 0 Å². The summed E-state index contributed by atoms with van der Waals surface area (Å²) in [7, 11) is 3.80. The average Bonchev–Trinajstić information content (AvgIpc) is 2.69. The second kappa shape index (κ2) is 8.17. The number of amides is 1. The number of carbonyl (C=O) groups is 1. The van der Waals surface area contributed by atoms with Crippen molar-refractivity contribution in [3.05, 3.63) is 71.9 Å². The normalized spacial score (nSPS) is 11.1. The van der Waals surface area contributed by atoms with Crippen molar-refractivity contribution in [2.24, 2.45) is 0 Å². The van der Waals surface area contributed by atoms with Crippen LogP contribution < -0.4 is 15.5 Å². The first-order valence-electron chi connectivity index (χ1n) is 8.58. The molecule has 1 aromatic heterocycles. The molecule has 0 fully saturated rings. The number of carbonyl (C=O) groups excluding carboxylic acids is 1. The summed E-state index contributed by atoms with van der Waals surface area (Å²) in [5.41, 5.74) is 1.47. The molecule has 29 heavy (non-hydrogen) atoms. The highest BCUT2D eigenvalue weighted by molar-refractivity contribution is 6.04. The van der Waals surface area contributed by atoms with E-state index in [1.54, 1.807) is 30.5 Å². The number of nitrogens with one attached hydrogen (secondary N) is 2. The third-order valence-corrected chi connectivity index (χ3v) is 4.05. The summed E-state index contributed by atoms with van der Waals surface area (Å²) in [6.45, 7) is 0. The van der Waals surface area contributed by atoms with Crippen LogP contribution >= 0.6 is 0 Å². The van der Waals surface area contributed by atoms with Gasteiger partial charge in [0.25, 0.3) is 5.91 Å². The van der Waals surface area contributed by atoms with Crippen molar-refractivity contribution < 1.29 is 18.0 Å². The molecule has 2 N–H and O–H groups in total. The van der Waals surface area contributed by atoms with Crippen LogP contribution in [0.15, 0.2) is 60.8 Å². The summed E-state index contributed by atoms with van der Waals surface area (Å²) in [4.78, 5) is 14.1. The molecule has 0 atom stereocenters. The first-order chi connectivity index (χ1) is 13.7. The number of alkyl halides is 3. The quantitative estimate of drug-likeness (QED) is 0.656. The van der Waals surface area contributed by atoms with E-state index in [9.17, 15) is 18.0 Å². The van der Waals surface area contributed by atoms with E-state index in [0.717, 1.165) is 35.6 Å². The average molecular weight is 401 g/mol. The predicted molar refractivity (Wildman–Crippen MR) is 105 cm³/mol. The maximum absolute atomic E-state index is 12.6. The SMILES string of the molecule is CN(C)c1cnnc(Nc2ccc(NC(=O)c3ccc(C(F)(F)F)cc3)cc2)c1. The number of hydrogen-bond acceptors (Lipinski definition) is 5. The van der Waals surface area contributed by atoms with Crippen molar-refractivity contribution >= 4 is 28.8 Å². The van der Waals surface area contributed by atoms with Gasteiger partial charge in [-0.15, -0.1) is 5.10 Å². The monoisotopic (exact) mass is 401 g/mol. The van der Waals surface area contributed by atoms with Crippen LogP contribution in [-0.2, 0) is 6.18 Å². The van der Waals surface area contributed by atoms with Crippen LogP contribution in [0.1, 0.15) is 15.9 Å². The Labute approximate surface area is 165 Å². The standard InChI is InChI=1S/C20H18F3N5O/c1-28(2)17-11-18(27-24-12-17)25-15-7-9-16(10-8-15)26-19(29)13-3-5-14(6-4-13)20(21,22)23/h3-12H,1-2H3,(H,25,27)(H,26,29). The van der Waals surface area contributed by atoms with Crippen molar-refractivity contribution in [3.63, 3.8) is 0 Å². The van der Waals surface area contributed by atoms with Gasteiger partial charge in [0.1, 0.15) is 0 Å². The highest BCUT2D eigenvalue weighted by atomic mass is 19.4. The lowest BCUT2D eigenvalue weighted by Crippen LogP contribution is -2.13. The lowest BCUT2D eigenvalue weighted by molar-refractivity contribution is -0.137. The van der Waals surface area contributed by atoms with E-state index < -0.39 is 17.6 Å². The van der Waals surface area contributed by atoms with Crippen molar-refractivity contribution in [2.45, 2.75) is 6.18 Å². The van der Waals surface area contributed by atoms with E-state index in [2.05, 4.69) is 20.8 Å². The fraction of sp³-hybridized carbons (Fsp3) is 0.150. The minimum Gasteiger partial charge on any atom is -0.376 e. The van der Waals surface area contributed by atoms with Gasteiger partial charge < -0.3 is 15.5 Å². The fourth-order valence-corrected chi connectivity index (χ4v) is 2.46. The minimum absolute atomic E-state index is 0.135. The Bertz CT molecular complexity index is 986. The van der Waals surface area contributed by atoms with E-state index >= 15 is 0 Å². The molecule has 150 valence electrons. The molecule has 9 heteroatoms. The summed E-state index contributed by atoms with van der Waals surface area (Å²) in [5.74, 6) is 0.0710. The summed E-state index contributed by atoms with van der Waals surface area (Å²) >= 11 is 0. The van der Waals surface area contributed by atoms with Crippen LogP contribution in [0.3, 0.4) is 0 Å². The number of nitrogens with zero attached hydrogens (tertiary/aromatic N) is 3. The first kappa shape index (κ1) is 20.1. The van der Waals surface area contributed by atoms with Gasteiger partial charge in [0.15, 0.2) is 5.82 Å². The number of rotatable bonds is 5. The van der Waals surface area contributed by atoms with Crippen molar-refractivity contribution in [3.8, 4) is 0 Å². The lowest BCUT2D eigenvalue weighted by atomic mass is 10.1. The van der Waals surface area contributed by atoms with E-state index in [1.165, 1.54) is 0 Å². The van der Waals surface area contributed by atoms with E-state index in [-0.39, 0.29) is 5.56 Å². The molecule has 3 rings (SSSR count). The highest BCUT2D eigenvalue weighted by Crippen LogP contribution is 2.29. The molecule has 0 unspecified atom stereocenters. The maximum Gasteiger partial charge on any atom is 0.416 e. The molecule has 0 aliphatic heterocycles. The molecule has 0 aliphatic carbocycles. The number of aromatic nitrogens is 2. The minimum atomic E-state index is -4.44. The summed E-state index contributed by atoms with van der Waals surface area (Å²) in [5, 5.41) is 13.7. The molecule has 0 aliphatic rings. The third-order valence-electron chi connectivity index (χ3n) is 4.05. The molecule has 0 bridgehead atoms. The Morgan fingerprint density at radius 3 is 2.17 bits per heavy atom. The Balaban J connectivity index is 1.64. The van der Waals surface area contributed by atoms with Gasteiger partial charge in [-0.2, -0.15) is 18.3 Å². The molecule has 3 aromatic rings. The molecule has 1 heterocycles. The van der Waals surface area contributed by atoms with Crippen LogP contribution in [-0.4, -0.2) is 30.2 Å². The fourth-order valence-electron chi connectivity index (χ4n) is 2.46. The number of hydrogen-bond donors (Lipinski definition) is 2. The van der Waals surface area contributed by atoms with Crippen LogP contribution in [0.5, 0.6) is 0 Å². The van der Waals surface area contributed by atoms with Crippen LogP contribution in [0.2, 0.25) is 0 Å². The predicted octanol–water partition coefficient (Wildman–Crippen LogP) is 4.56. The zero-order valence-corrected chi connectivity index (χ0v) is 15.7. The molecule has 0 spiro atoms. The largest absolute Gasteiger partial charge is 0.416 e. The smallest absolute Gasteiger partial charge is 0.376 e. The topological polar surface area (TPSA) is 70.2 Å². The molecular weight excluding hydrogens is 383 g/mol. The van der Waals surface area contributed by atoms with Gasteiger partial charge in [0, 0.05) is 37.1 Å². The molecular formula is C20H18F3N5O. The van der Waals surface area contributed by atoms with Crippen LogP contribution in [0.25, 0.3) is 0 Å². The van der Waals surface area contributed by atoms with E-state index in [0.29, 0.717) is 11.5 Å². The van der Waals surface area contributed by atoms with Crippen LogP contribution in [0, 0.1) is 0 Å². The van der Waals surface area contributed by atoms with E-state index in [1.807, 2.05) is 25.1 Å². The summed E-state index contributed by atoms with van der Waals surface area (Å²) in [6.07, 6.45) is -2.79. The number of anilines is 4. The first-order valence-corrected chi connectivity index (χ1v) is 8.58. The zero-order valence-electron chi connectivity index (χ0n) is 15.7. The van der Waals surface area contributed by atoms with Crippen LogP contribution in [0.4, 0.5) is 36.1 Å². The number of halogens is 3. The maximum atomic E-state index is 12.6.